The number of nitrogens with zero attached hydrogens (tertiary/aromatic N) is 1. The van der Waals surface area contributed by atoms with Gasteiger partial charge in [-0.2, -0.15) is 0 Å². The maximum absolute atomic E-state index is 12.1. The lowest BCUT2D eigenvalue weighted by Crippen LogP contribution is -2.34. The summed E-state index contributed by atoms with van der Waals surface area (Å²) in [6, 6.07) is 5.56. The van der Waals surface area contributed by atoms with E-state index >= 15 is 0 Å². The standard InChI is InChI=1S/C15H20N2O2/c1-4-5-6-11-7-8-13-12(9-11)14(16-10(2)18)15(19)17(13)3/h7-9,14H,4-6H2,1-3H3,(H,16,18)/t14-/m0/s1. The summed E-state index contributed by atoms with van der Waals surface area (Å²) in [7, 11) is 1.74. The number of benzene rings is 1. The molecular formula is C15H20N2O2. The van der Waals surface area contributed by atoms with E-state index in [9.17, 15) is 9.59 Å². The number of carbonyl (C=O) groups excluding carboxylic acids is 2. The molecule has 0 saturated heterocycles. The number of hydrogen-bond donors (Lipinski definition) is 1. The summed E-state index contributed by atoms with van der Waals surface area (Å²) in [6.07, 6.45) is 3.28. The molecule has 1 aromatic carbocycles. The highest BCUT2D eigenvalue weighted by atomic mass is 16.2. The number of likely N-dealkylation sites (N-methyl/N-ethyl adjacent to an activating group) is 1. The Morgan fingerprint density at radius 2 is 2.16 bits per heavy atom. The van der Waals surface area contributed by atoms with Crippen LogP contribution in [0.25, 0.3) is 0 Å². The molecule has 0 spiro atoms. The molecule has 0 saturated carbocycles. The molecule has 102 valence electrons. The van der Waals surface area contributed by atoms with Gasteiger partial charge in [-0.1, -0.05) is 25.5 Å². The van der Waals surface area contributed by atoms with Gasteiger partial charge in [-0.3, -0.25) is 9.59 Å². The third kappa shape index (κ3) is 2.62. The molecule has 1 aromatic rings. The highest BCUT2D eigenvalue weighted by Crippen LogP contribution is 2.35. The number of unbranched alkanes of at least 4 members (excludes halogenated alkanes) is 1. The first-order chi connectivity index (χ1) is 9.04. The summed E-state index contributed by atoms with van der Waals surface area (Å²) in [6.45, 7) is 3.59. The topological polar surface area (TPSA) is 49.4 Å². The summed E-state index contributed by atoms with van der Waals surface area (Å²) in [4.78, 5) is 25.0. The van der Waals surface area contributed by atoms with Gasteiger partial charge in [0, 0.05) is 25.2 Å². The van der Waals surface area contributed by atoms with Crippen molar-refractivity contribution < 1.29 is 9.59 Å². The number of amides is 2. The number of nitrogens with one attached hydrogen (secondary N) is 1. The van der Waals surface area contributed by atoms with E-state index in [0.717, 1.165) is 30.5 Å². The van der Waals surface area contributed by atoms with E-state index in [-0.39, 0.29) is 11.8 Å². The van der Waals surface area contributed by atoms with E-state index in [2.05, 4.69) is 18.3 Å². The van der Waals surface area contributed by atoms with Crippen LogP contribution in [-0.2, 0) is 16.0 Å². The average Bonchev–Trinajstić information content (AvgIpc) is 2.61. The van der Waals surface area contributed by atoms with Crippen LogP contribution in [0.5, 0.6) is 0 Å². The molecular weight excluding hydrogens is 240 g/mol. The summed E-state index contributed by atoms with van der Waals surface area (Å²) in [5, 5.41) is 2.73. The van der Waals surface area contributed by atoms with Crippen molar-refractivity contribution in [2.45, 2.75) is 39.2 Å². The van der Waals surface area contributed by atoms with E-state index in [0.29, 0.717) is 0 Å². The largest absolute Gasteiger partial charge is 0.341 e. The predicted octanol–water partition coefficient (Wildman–Crippen LogP) is 2.18. The molecule has 4 nitrogen and oxygen atoms in total. The molecule has 0 aromatic heterocycles. The van der Waals surface area contributed by atoms with Crippen molar-refractivity contribution in [3.63, 3.8) is 0 Å². The lowest BCUT2D eigenvalue weighted by atomic mass is 10.0. The smallest absolute Gasteiger partial charge is 0.254 e. The molecule has 1 aliphatic rings. The van der Waals surface area contributed by atoms with E-state index in [1.54, 1.807) is 11.9 Å². The van der Waals surface area contributed by atoms with E-state index < -0.39 is 6.04 Å². The van der Waals surface area contributed by atoms with Crippen LogP contribution in [0, 0.1) is 0 Å². The minimum atomic E-state index is -0.529. The Kier molecular flexibility index (Phi) is 3.88. The van der Waals surface area contributed by atoms with Gasteiger partial charge in [0.2, 0.25) is 5.91 Å². The number of hydrogen-bond acceptors (Lipinski definition) is 2. The van der Waals surface area contributed by atoms with Gasteiger partial charge >= 0.3 is 0 Å². The second kappa shape index (κ2) is 5.43. The van der Waals surface area contributed by atoms with Crippen molar-refractivity contribution in [2.75, 3.05) is 11.9 Å². The van der Waals surface area contributed by atoms with E-state index in [4.69, 9.17) is 0 Å². The van der Waals surface area contributed by atoms with Crippen LogP contribution < -0.4 is 10.2 Å². The Hall–Kier alpha value is -1.84. The Balaban J connectivity index is 2.32. The minimum Gasteiger partial charge on any atom is -0.341 e. The minimum absolute atomic E-state index is 0.0714. The maximum atomic E-state index is 12.1. The quantitative estimate of drug-likeness (QED) is 0.902. The third-order valence-electron chi connectivity index (χ3n) is 3.51. The SMILES string of the molecule is CCCCc1ccc2c(c1)[C@H](NC(C)=O)C(=O)N2C. The Morgan fingerprint density at radius 3 is 2.79 bits per heavy atom. The molecule has 4 heteroatoms. The van der Waals surface area contributed by atoms with Crippen LogP contribution in [0.15, 0.2) is 18.2 Å². The van der Waals surface area contributed by atoms with Crippen LogP contribution >= 0.6 is 0 Å². The molecule has 0 bridgehead atoms. The number of anilines is 1. The molecule has 2 amide bonds. The van der Waals surface area contributed by atoms with Gasteiger partial charge in [-0.05, 0) is 24.5 Å². The molecule has 1 N–H and O–H groups in total. The van der Waals surface area contributed by atoms with Crippen molar-refractivity contribution in [3.8, 4) is 0 Å². The second-order valence-electron chi connectivity index (χ2n) is 5.03. The summed E-state index contributed by atoms with van der Waals surface area (Å²) in [5.74, 6) is -0.253. The zero-order valence-corrected chi connectivity index (χ0v) is 11.7. The first kappa shape index (κ1) is 13.6. The molecule has 19 heavy (non-hydrogen) atoms. The molecule has 1 heterocycles. The molecule has 1 aliphatic heterocycles. The van der Waals surface area contributed by atoms with Gasteiger partial charge in [0.15, 0.2) is 0 Å². The first-order valence-electron chi connectivity index (χ1n) is 6.72. The fraction of sp³-hybridized carbons (Fsp3) is 0.467. The first-order valence-corrected chi connectivity index (χ1v) is 6.72. The van der Waals surface area contributed by atoms with Gasteiger partial charge in [0.05, 0.1) is 0 Å². The second-order valence-corrected chi connectivity index (χ2v) is 5.03. The molecule has 0 unspecified atom stereocenters. The molecule has 2 rings (SSSR count). The summed E-state index contributed by atoms with van der Waals surface area (Å²) < 4.78 is 0. The monoisotopic (exact) mass is 260 g/mol. The summed E-state index contributed by atoms with van der Waals surface area (Å²) in [5.41, 5.74) is 3.03. The van der Waals surface area contributed by atoms with Gasteiger partial charge in [0.1, 0.15) is 6.04 Å². The van der Waals surface area contributed by atoms with Gasteiger partial charge in [-0.15, -0.1) is 0 Å². The van der Waals surface area contributed by atoms with Gasteiger partial charge < -0.3 is 10.2 Å². The fourth-order valence-corrected chi connectivity index (χ4v) is 2.47. The Labute approximate surface area is 113 Å². The van der Waals surface area contributed by atoms with Crippen LogP contribution in [0.3, 0.4) is 0 Å². The highest BCUT2D eigenvalue weighted by molar-refractivity contribution is 6.05. The molecule has 0 aliphatic carbocycles. The zero-order valence-electron chi connectivity index (χ0n) is 11.7. The fourth-order valence-electron chi connectivity index (χ4n) is 2.47. The number of aryl methyl sites for hydroxylation is 1. The zero-order chi connectivity index (χ0) is 14.0. The van der Waals surface area contributed by atoms with Crippen molar-refractivity contribution in [1.82, 2.24) is 5.32 Å². The van der Waals surface area contributed by atoms with Gasteiger partial charge in [-0.25, -0.2) is 0 Å². The highest BCUT2D eigenvalue weighted by Gasteiger charge is 2.35. The summed E-state index contributed by atoms with van der Waals surface area (Å²) >= 11 is 0. The van der Waals surface area contributed by atoms with Crippen LogP contribution in [-0.4, -0.2) is 18.9 Å². The molecule has 0 fully saturated rings. The number of fused-ring (bicyclic) bond motifs is 1. The van der Waals surface area contributed by atoms with Gasteiger partial charge in [0.25, 0.3) is 5.91 Å². The Morgan fingerprint density at radius 1 is 1.42 bits per heavy atom. The third-order valence-corrected chi connectivity index (χ3v) is 3.51. The van der Waals surface area contributed by atoms with E-state index in [1.165, 1.54) is 12.5 Å². The van der Waals surface area contributed by atoms with Crippen molar-refractivity contribution in [3.05, 3.63) is 29.3 Å². The van der Waals surface area contributed by atoms with Crippen molar-refractivity contribution >= 4 is 17.5 Å². The Bertz CT molecular complexity index is 511. The van der Waals surface area contributed by atoms with Crippen LogP contribution in [0.1, 0.15) is 43.9 Å². The normalized spacial score (nSPS) is 17.5. The molecule has 0 radical (unpaired) electrons. The maximum Gasteiger partial charge on any atom is 0.254 e. The lowest BCUT2D eigenvalue weighted by Gasteiger charge is -2.11. The number of rotatable bonds is 4. The average molecular weight is 260 g/mol. The van der Waals surface area contributed by atoms with E-state index in [1.807, 2.05) is 12.1 Å². The molecule has 1 atom stereocenters. The number of carbonyl (C=O) groups is 2. The lowest BCUT2D eigenvalue weighted by molar-refractivity contribution is -0.125. The predicted molar refractivity (Wildman–Crippen MR) is 75.0 cm³/mol. The van der Waals surface area contributed by atoms with Crippen LogP contribution in [0.2, 0.25) is 0 Å². The van der Waals surface area contributed by atoms with Crippen LogP contribution in [0.4, 0.5) is 5.69 Å². The van der Waals surface area contributed by atoms with Crippen molar-refractivity contribution in [2.24, 2.45) is 0 Å². The van der Waals surface area contributed by atoms with Crippen molar-refractivity contribution in [1.29, 1.82) is 0 Å².